The number of fused-ring (bicyclic) bond motifs is 3. The van der Waals surface area contributed by atoms with Gasteiger partial charge >= 0.3 is 0 Å². The fraction of sp³-hybridized carbons (Fsp3) is 0.375. The number of rotatable bonds is 5. The number of pyridine rings is 1. The van der Waals surface area contributed by atoms with Crippen molar-refractivity contribution in [2.75, 3.05) is 12.3 Å². The summed E-state index contributed by atoms with van der Waals surface area (Å²) in [5.41, 5.74) is 8.83. The van der Waals surface area contributed by atoms with Crippen molar-refractivity contribution in [2.24, 2.45) is 0 Å². The van der Waals surface area contributed by atoms with Crippen LogP contribution in [0.25, 0.3) is 21.9 Å². The minimum atomic E-state index is 0.221. The molecule has 3 N–H and O–H groups in total. The van der Waals surface area contributed by atoms with E-state index in [2.05, 4.69) is 27.5 Å². The minimum Gasteiger partial charge on any atom is -0.396 e. The average Bonchev–Trinajstić information content (AvgIpc) is 2.87. The fourth-order valence-electron chi connectivity index (χ4n) is 2.80. The Morgan fingerprint density at radius 1 is 1.19 bits per heavy atom. The molecule has 0 spiro atoms. The number of imidazole rings is 1. The second kappa shape index (κ2) is 5.69. The number of nitrogens with two attached hydrogens (primary N) is 1. The molecular weight excluding hydrogens is 264 g/mol. The number of aromatic nitrogens is 3. The number of nitrogens with zero attached hydrogens (tertiary/aromatic N) is 3. The van der Waals surface area contributed by atoms with Crippen LogP contribution in [0.5, 0.6) is 0 Å². The van der Waals surface area contributed by atoms with E-state index in [-0.39, 0.29) is 6.61 Å². The summed E-state index contributed by atoms with van der Waals surface area (Å²) in [7, 11) is 0. The summed E-state index contributed by atoms with van der Waals surface area (Å²) < 4.78 is 2.23. The molecule has 0 aliphatic carbocycles. The molecule has 0 radical (unpaired) electrons. The van der Waals surface area contributed by atoms with Gasteiger partial charge in [0.25, 0.3) is 0 Å². The Balaban J connectivity index is 2.27. The zero-order chi connectivity index (χ0) is 14.8. The van der Waals surface area contributed by atoms with Crippen LogP contribution in [0, 0.1) is 0 Å². The van der Waals surface area contributed by atoms with Crippen molar-refractivity contribution in [1.29, 1.82) is 0 Å². The number of aryl methyl sites for hydroxylation is 2. The molecule has 0 saturated carbocycles. The number of nitrogen functional groups attached to an aromatic ring is 1. The molecule has 21 heavy (non-hydrogen) atoms. The van der Waals surface area contributed by atoms with Crippen LogP contribution < -0.4 is 5.73 Å². The third kappa shape index (κ3) is 2.34. The average molecular weight is 284 g/mol. The molecule has 0 bridgehead atoms. The Morgan fingerprint density at radius 3 is 2.76 bits per heavy atom. The highest BCUT2D eigenvalue weighted by Gasteiger charge is 2.15. The summed E-state index contributed by atoms with van der Waals surface area (Å²) in [6, 6.07) is 8.01. The SMILES string of the molecule is CCc1nc2c(N)nc3ccccc3c2n1CCCCO. The molecule has 1 aromatic carbocycles. The summed E-state index contributed by atoms with van der Waals surface area (Å²) in [6.07, 6.45) is 2.56. The normalized spacial score (nSPS) is 11.5. The predicted octanol–water partition coefficient (Wildman–Crippen LogP) is 2.50. The molecule has 0 aliphatic heterocycles. The quantitative estimate of drug-likeness (QED) is 0.706. The second-order valence-electron chi connectivity index (χ2n) is 5.18. The van der Waals surface area contributed by atoms with Gasteiger partial charge in [0.15, 0.2) is 5.82 Å². The first kappa shape index (κ1) is 13.8. The van der Waals surface area contributed by atoms with E-state index in [9.17, 15) is 0 Å². The van der Waals surface area contributed by atoms with Gasteiger partial charge in [0.05, 0.1) is 11.0 Å². The van der Waals surface area contributed by atoms with Crippen LogP contribution in [0.15, 0.2) is 24.3 Å². The summed E-state index contributed by atoms with van der Waals surface area (Å²) in [4.78, 5) is 9.12. The van der Waals surface area contributed by atoms with E-state index < -0.39 is 0 Å². The van der Waals surface area contributed by atoms with Crippen molar-refractivity contribution in [3.63, 3.8) is 0 Å². The number of para-hydroxylation sites is 1. The zero-order valence-corrected chi connectivity index (χ0v) is 12.2. The largest absolute Gasteiger partial charge is 0.396 e. The Kier molecular flexibility index (Phi) is 3.75. The Morgan fingerprint density at radius 2 is 2.00 bits per heavy atom. The van der Waals surface area contributed by atoms with E-state index in [0.717, 1.165) is 53.6 Å². The minimum absolute atomic E-state index is 0.221. The lowest BCUT2D eigenvalue weighted by atomic mass is 10.2. The molecule has 2 aromatic heterocycles. The van der Waals surface area contributed by atoms with Gasteiger partial charge < -0.3 is 15.4 Å². The van der Waals surface area contributed by atoms with Crippen LogP contribution in [-0.2, 0) is 13.0 Å². The standard InChI is InChI=1S/C16H20N4O/c1-2-13-19-14-15(20(13)9-5-6-10-21)11-7-3-4-8-12(11)18-16(14)17/h3-4,7-8,21H,2,5-6,9-10H2,1H3,(H2,17,18). The van der Waals surface area contributed by atoms with Crippen LogP contribution >= 0.6 is 0 Å². The van der Waals surface area contributed by atoms with Crippen LogP contribution in [0.1, 0.15) is 25.6 Å². The summed E-state index contributed by atoms with van der Waals surface area (Å²) in [5.74, 6) is 1.51. The van der Waals surface area contributed by atoms with Gasteiger partial charge in [-0.15, -0.1) is 0 Å². The Labute approximate surface area is 123 Å². The third-order valence-corrected chi connectivity index (χ3v) is 3.80. The molecule has 110 valence electrons. The van der Waals surface area contributed by atoms with Crippen molar-refractivity contribution >= 4 is 27.8 Å². The van der Waals surface area contributed by atoms with Crippen LogP contribution in [0.4, 0.5) is 5.82 Å². The Bertz CT molecular complexity index is 779. The summed E-state index contributed by atoms with van der Waals surface area (Å²) >= 11 is 0. The lowest BCUT2D eigenvalue weighted by Gasteiger charge is -2.09. The number of benzene rings is 1. The number of anilines is 1. The topological polar surface area (TPSA) is 77.0 Å². The maximum absolute atomic E-state index is 9.00. The molecule has 0 amide bonds. The van der Waals surface area contributed by atoms with Gasteiger partial charge in [-0.2, -0.15) is 0 Å². The molecule has 5 nitrogen and oxygen atoms in total. The molecule has 0 aliphatic rings. The monoisotopic (exact) mass is 284 g/mol. The van der Waals surface area contributed by atoms with Gasteiger partial charge in [0, 0.05) is 25.0 Å². The first-order valence-corrected chi connectivity index (χ1v) is 7.40. The van der Waals surface area contributed by atoms with Gasteiger partial charge in [0.1, 0.15) is 11.3 Å². The molecule has 3 aromatic rings. The van der Waals surface area contributed by atoms with Crippen molar-refractivity contribution in [1.82, 2.24) is 14.5 Å². The third-order valence-electron chi connectivity index (χ3n) is 3.80. The van der Waals surface area contributed by atoms with Crippen molar-refractivity contribution < 1.29 is 5.11 Å². The molecule has 5 heteroatoms. The van der Waals surface area contributed by atoms with Gasteiger partial charge in [0.2, 0.25) is 0 Å². The first-order chi connectivity index (χ1) is 10.3. The van der Waals surface area contributed by atoms with Crippen LogP contribution in [0.2, 0.25) is 0 Å². The smallest absolute Gasteiger partial charge is 0.152 e. The number of aliphatic hydroxyl groups excluding tert-OH is 1. The highest BCUT2D eigenvalue weighted by Crippen LogP contribution is 2.29. The van der Waals surface area contributed by atoms with Gasteiger partial charge in [-0.1, -0.05) is 25.1 Å². The molecule has 0 fully saturated rings. The number of hydrogen-bond acceptors (Lipinski definition) is 4. The van der Waals surface area contributed by atoms with E-state index >= 15 is 0 Å². The van der Waals surface area contributed by atoms with E-state index in [1.807, 2.05) is 18.2 Å². The van der Waals surface area contributed by atoms with E-state index in [1.165, 1.54) is 0 Å². The molecule has 0 atom stereocenters. The molecular formula is C16H20N4O. The zero-order valence-electron chi connectivity index (χ0n) is 12.2. The van der Waals surface area contributed by atoms with E-state index in [0.29, 0.717) is 5.82 Å². The summed E-state index contributed by atoms with van der Waals surface area (Å²) in [6.45, 7) is 3.15. The van der Waals surface area contributed by atoms with Gasteiger partial charge in [-0.05, 0) is 18.9 Å². The first-order valence-electron chi connectivity index (χ1n) is 7.40. The summed E-state index contributed by atoms with van der Waals surface area (Å²) in [5, 5.41) is 10.1. The lowest BCUT2D eigenvalue weighted by Crippen LogP contribution is -2.04. The fourth-order valence-corrected chi connectivity index (χ4v) is 2.80. The molecule has 2 heterocycles. The van der Waals surface area contributed by atoms with Crippen molar-refractivity contribution in [3.8, 4) is 0 Å². The van der Waals surface area contributed by atoms with E-state index in [4.69, 9.17) is 10.8 Å². The van der Waals surface area contributed by atoms with Crippen molar-refractivity contribution in [2.45, 2.75) is 32.7 Å². The number of aliphatic hydroxyl groups is 1. The highest BCUT2D eigenvalue weighted by atomic mass is 16.2. The molecule has 3 rings (SSSR count). The van der Waals surface area contributed by atoms with Crippen LogP contribution in [0.3, 0.4) is 0 Å². The highest BCUT2D eigenvalue weighted by molar-refractivity contribution is 6.06. The molecule has 0 unspecified atom stereocenters. The lowest BCUT2D eigenvalue weighted by molar-refractivity contribution is 0.281. The van der Waals surface area contributed by atoms with E-state index in [1.54, 1.807) is 0 Å². The maximum Gasteiger partial charge on any atom is 0.152 e. The van der Waals surface area contributed by atoms with Crippen LogP contribution in [-0.4, -0.2) is 26.2 Å². The molecule has 0 saturated heterocycles. The maximum atomic E-state index is 9.00. The second-order valence-corrected chi connectivity index (χ2v) is 5.18. The number of hydrogen-bond donors (Lipinski definition) is 2. The van der Waals surface area contributed by atoms with Gasteiger partial charge in [-0.25, -0.2) is 9.97 Å². The van der Waals surface area contributed by atoms with Gasteiger partial charge in [-0.3, -0.25) is 0 Å². The number of unbranched alkanes of at least 4 members (excludes halogenated alkanes) is 1. The Hall–Kier alpha value is -2.14. The van der Waals surface area contributed by atoms with Crippen molar-refractivity contribution in [3.05, 3.63) is 30.1 Å². The predicted molar refractivity (Wildman–Crippen MR) is 85.1 cm³/mol.